The van der Waals surface area contributed by atoms with Crippen LogP contribution in [0.2, 0.25) is 0 Å². The molecule has 0 aliphatic heterocycles. The van der Waals surface area contributed by atoms with Gasteiger partial charge in [0.15, 0.2) is 34.9 Å². The van der Waals surface area contributed by atoms with E-state index in [-0.39, 0.29) is 24.0 Å². The lowest BCUT2D eigenvalue weighted by Crippen LogP contribution is -3.00. The summed E-state index contributed by atoms with van der Waals surface area (Å²) in [6, 6.07) is 11.0. The lowest BCUT2D eigenvalue weighted by atomic mass is 10.0. The highest BCUT2D eigenvalue weighted by Crippen LogP contribution is 2.34. The van der Waals surface area contributed by atoms with Gasteiger partial charge >= 0.3 is 0 Å². The molecule has 0 aliphatic carbocycles. The van der Waals surface area contributed by atoms with Crippen LogP contribution < -0.4 is 47.5 Å². The fourth-order valence-corrected chi connectivity index (χ4v) is 3.02. The number of aryl methyl sites for hydroxylation is 1. The summed E-state index contributed by atoms with van der Waals surface area (Å²) in [6.07, 6.45) is 1.96. The largest absolute Gasteiger partial charge is 1.00 e. The molecule has 2 aromatic carbocycles. The van der Waals surface area contributed by atoms with Crippen LogP contribution in [0.1, 0.15) is 15.4 Å². The van der Waals surface area contributed by atoms with E-state index in [2.05, 4.69) is 0 Å². The molecule has 0 radical (unpaired) electrons. The summed E-state index contributed by atoms with van der Waals surface area (Å²) in [6.45, 7) is -2.33. The number of rotatable bonds is 6. The third-order valence-corrected chi connectivity index (χ3v) is 4.38. The zero-order valence-electron chi connectivity index (χ0n) is 18.7. The van der Waals surface area contributed by atoms with E-state index in [1.54, 1.807) is 40.7 Å². The Bertz CT molecular complexity index is 1040. The molecule has 0 saturated carbocycles. The van der Waals surface area contributed by atoms with Crippen molar-refractivity contribution >= 4 is 10.8 Å². The van der Waals surface area contributed by atoms with Crippen LogP contribution >= 0.6 is 0 Å². The SMILES string of the molecule is [2H]C([2H])([2H])[n+]1ccc2cc(OC)c(OC)cc2c1Cc1ccc(OC)c(OC)c1.[I-]. The zero-order chi connectivity index (χ0) is 21.2. The number of hydrogen-bond acceptors (Lipinski definition) is 4. The predicted molar refractivity (Wildman–Crippen MR) is 101 cm³/mol. The van der Waals surface area contributed by atoms with Crippen molar-refractivity contribution in [2.24, 2.45) is 6.98 Å². The second kappa shape index (κ2) is 9.12. The van der Waals surface area contributed by atoms with Gasteiger partial charge in [-0.1, -0.05) is 6.07 Å². The summed E-state index contributed by atoms with van der Waals surface area (Å²) < 4.78 is 46.7. The second-order valence-corrected chi connectivity index (χ2v) is 5.79. The first-order chi connectivity index (χ1) is 13.8. The van der Waals surface area contributed by atoms with Crippen molar-refractivity contribution in [1.29, 1.82) is 0 Å². The van der Waals surface area contributed by atoms with E-state index in [9.17, 15) is 0 Å². The van der Waals surface area contributed by atoms with Crippen LogP contribution in [-0.2, 0) is 13.4 Å². The monoisotopic (exact) mass is 484 g/mol. The predicted octanol–water partition coefficient (Wildman–Crippen LogP) is 0.294. The van der Waals surface area contributed by atoms with E-state index in [0.717, 1.165) is 16.3 Å². The van der Waals surface area contributed by atoms with Crippen molar-refractivity contribution in [2.75, 3.05) is 28.4 Å². The Morgan fingerprint density at radius 3 is 2.07 bits per heavy atom. The molecular formula is C21H24INO4. The lowest BCUT2D eigenvalue weighted by molar-refractivity contribution is -0.677. The molecule has 1 aromatic heterocycles. The molecule has 0 saturated heterocycles. The first-order valence-electron chi connectivity index (χ1n) is 9.63. The smallest absolute Gasteiger partial charge is 0.193 e. The molecule has 3 rings (SSSR count). The average Bonchev–Trinajstić information content (AvgIpc) is 2.71. The number of nitrogens with zero attached hydrogens (tertiary/aromatic N) is 1. The van der Waals surface area contributed by atoms with Gasteiger partial charge in [-0.15, -0.1) is 0 Å². The maximum Gasteiger partial charge on any atom is 0.193 e. The normalized spacial score (nSPS) is 12.4. The molecule has 0 N–H and O–H groups in total. The maximum atomic E-state index is 7.97. The molecule has 0 aliphatic rings. The number of fused-ring (bicyclic) bond motifs is 1. The van der Waals surface area contributed by atoms with E-state index < -0.39 is 6.98 Å². The van der Waals surface area contributed by atoms with Gasteiger partial charge in [0.1, 0.15) is 11.1 Å². The number of halogens is 1. The van der Waals surface area contributed by atoms with Gasteiger partial charge in [0, 0.05) is 6.07 Å². The number of aromatic nitrogens is 1. The van der Waals surface area contributed by atoms with Crippen LogP contribution in [-0.4, -0.2) is 28.4 Å². The summed E-state index contributed by atoms with van der Waals surface area (Å²) in [5, 5.41) is 1.63. The van der Waals surface area contributed by atoms with E-state index in [4.69, 9.17) is 23.1 Å². The van der Waals surface area contributed by atoms with Crippen molar-refractivity contribution in [3.8, 4) is 23.0 Å². The highest BCUT2D eigenvalue weighted by atomic mass is 127. The molecule has 1 heterocycles. The van der Waals surface area contributed by atoms with Gasteiger partial charge in [0.05, 0.1) is 40.2 Å². The number of benzene rings is 2. The molecule has 0 spiro atoms. The van der Waals surface area contributed by atoms with E-state index >= 15 is 0 Å². The van der Waals surface area contributed by atoms with Crippen LogP contribution in [0.4, 0.5) is 0 Å². The Kier molecular flexibility index (Phi) is 5.72. The fraction of sp³-hybridized carbons (Fsp3) is 0.286. The quantitative estimate of drug-likeness (QED) is 0.373. The lowest BCUT2D eigenvalue weighted by Gasteiger charge is -2.12. The Hall–Kier alpha value is -2.22. The molecule has 0 bridgehead atoms. The van der Waals surface area contributed by atoms with Crippen LogP contribution in [0.25, 0.3) is 10.8 Å². The number of pyridine rings is 1. The highest BCUT2D eigenvalue weighted by Gasteiger charge is 2.17. The Balaban J connectivity index is 0.00000320. The topological polar surface area (TPSA) is 40.8 Å². The Labute approximate surface area is 181 Å². The second-order valence-electron chi connectivity index (χ2n) is 5.79. The number of hydrogen-bond donors (Lipinski definition) is 0. The molecule has 0 unspecified atom stereocenters. The van der Waals surface area contributed by atoms with Crippen LogP contribution in [0.5, 0.6) is 23.0 Å². The minimum atomic E-state index is -2.33. The molecule has 0 atom stereocenters. The van der Waals surface area contributed by atoms with Gasteiger partial charge < -0.3 is 42.9 Å². The van der Waals surface area contributed by atoms with Crippen molar-refractivity contribution < 1.29 is 51.6 Å². The van der Waals surface area contributed by atoms with E-state index in [1.165, 1.54) is 4.57 Å². The summed E-state index contributed by atoms with van der Waals surface area (Å²) in [5.74, 6) is 2.33. The Morgan fingerprint density at radius 1 is 0.815 bits per heavy atom. The van der Waals surface area contributed by atoms with Gasteiger partial charge in [-0.3, -0.25) is 0 Å². The van der Waals surface area contributed by atoms with Crippen LogP contribution in [0.3, 0.4) is 0 Å². The molecule has 6 heteroatoms. The average molecular weight is 484 g/mol. The van der Waals surface area contributed by atoms with Gasteiger partial charge in [-0.05, 0) is 35.2 Å². The first kappa shape index (κ1) is 16.9. The van der Waals surface area contributed by atoms with Gasteiger partial charge in [-0.25, -0.2) is 4.57 Å². The Morgan fingerprint density at radius 2 is 1.44 bits per heavy atom. The highest BCUT2D eigenvalue weighted by molar-refractivity contribution is 5.87. The number of methoxy groups -OCH3 is 4. The molecule has 3 aromatic rings. The third-order valence-electron chi connectivity index (χ3n) is 4.38. The maximum absolute atomic E-state index is 7.97. The fourth-order valence-electron chi connectivity index (χ4n) is 3.02. The van der Waals surface area contributed by atoms with Gasteiger partial charge in [0.2, 0.25) is 0 Å². The molecule has 144 valence electrons. The van der Waals surface area contributed by atoms with Crippen LogP contribution in [0.15, 0.2) is 42.6 Å². The van der Waals surface area contributed by atoms with Crippen LogP contribution in [0, 0.1) is 0 Å². The summed E-state index contributed by atoms with van der Waals surface area (Å²) in [4.78, 5) is 0. The molecule has 0 fully saturated rings. The minimum Gasteiger partial charge on any atom is -1.00 e. The van der Waals surface area contributed by atoms with Gasteiger partial charge in [0.25, 0.3) is 0 Å². The van der Waals surface area contributed by atoms with Crippen molar-refractivity contribution in [2.45, 2.75) is 6.42 Å². The minimum absolute atomic E-state index is 0. The summed E-state index contributed by atoms with van der Waals surface area (Å²) in [7, 11) is 6.27. The standard InChI is InChI=1S/C21H24NO4.HI/c1-22-9-8-15-12-20(25-4)21(26-5)13-16(15)17(22)10-14-6-7-18(23-2)19(11-14)24-3;/h6-9,11-13H,10H2,1-5H3;1H/q+1;/p-1/i1D3;. The van der Waals surface area contributed by atoms with E-state index in [1.807, 2.05) is 30.3 Å². The van der Waals surface area contributed by atoms with Gasteiger partial charge in [-0.2, -0.15) is 0 Å². The van der Waals surface area contributed by atoms with Crippen molar-refractivity contribution in [3.05, 3.63) is 53.9 Å². The van der Waals surface area contributed by atoms with Crippen molar-refractivity contribution in [3.63, 3.8) is 0 Å². The zero-order valence-corrected chi connectivity index (χ0v) is 17.9. The first-order valence-corrected chi connectivity index (χ1v) is 8.13. The molecular weight excluding hydrogens is 457 g/mol. The summed E-state index contributed by atoms with van der Waals surface area (Å²) in [5.41, 5.74) is 1.53. The number of ether oxygens (including phenoxy) is 4. The third kappa shape index (κ3) is 4.21. The van der Waals surface area contributed by atoms with E-state index in [0.29, 0.717) is 35.1 Å². The molecule has 27 heavy (non-hydrogen) atoms. The summed E-state index contributed by atoms with van der Waals surface area (Å²) >= 11 is 0. The molecule has 0 amide bonds. The van der Waals surface area contributed by atoms with Crippen molar-refractivity contribution in [1.82, 2.24) is 0 Å². The molecule has 5 nitrogen and oxygen atoms in total.